The lowest BCUT2D eigenvalue weighted by Gasteiger charge is -2.23. The van der Waals surface area contributed by atoms with Gasteiger partial charge in [-0.25, -0.2) is 0 Å². The van der Waals surface area contributed by atoms with Crippen LogP contribution in [-0.2, 0) is 35.3 Å². The zero-order valence-electron chi connectivity index (χ0n) is 8.55. The molecule has 80 valence electrons. The lowest BCUT2D eigenvalue weighted by atomic mass is 10.0. The first kappa shape index (κ1) is 10.4. The predicted octanol–water partition coefficient (Wildman–Crippen LogP) is 3.30. The van der Waals surface area contributed by atoms with Crippen LogP contribution in [0.3, 0.4) is 0 Å². The molecule has 0 radical (unpaired) electrons. The highest BCUT2D eigenvalue weighted by atomic mass is 33.1. The van der Waals surface area contributed by atoms with Gasteiger partial charge in [0.05, 0.1) is 0 Å². The maximum Gasteiger partial charge on any atom is 0.0320 e. The van der Waals surface area contributed by atoms with Crippen molar-refractivity contribution in [1.82, 2.24) is 0 Å². The van der Waals surface area contributed by atoms with Gasteiger partial charge in [-0.3, -0.25) is 0 Å². The van der Waals surface area contributed by atoms with E-state index in [1.54, 1.807) is 0 Å². The molecule has 0 saturated carbocycles. The summed E-state index contributed by atoms with van der Waals surface area (Å²) in [6, 6.07) is 16.8. The molecule has 1 heterocycles. The van der Waals surface area contributed by atoms with Crippen molar-refractivity contribution in [2.45, 2.75) is 10.6 Å². The van der Waals surface area contributed by atoms with Crippen LogP contribution in [0.25, 0.3) is 11.1 Å². The van der Waals surface area contributed by atoms with Crippen molar-refractivity contribution in [3.05, 3.63) is 54.1 Å². The van der Waals surface area contributed by atoms with Gasteiger partial charge in [0.15, 0.2) is 0 Å². The maximum atomic E-state index is 5.62. The Kier molecular flexibility index (Phi) is 2.35. The minimum Gasteiger partial charge on any atom is -0.0619 e. The van der Waals surface area contributed by atoms with Crippen LogP contribution in [0.1, 0.15) is 5.56 Å². The van der Waals surface area contributed by atoms with E-state index in [9.17, 15) is 0 Å². The Hall–Kier alpha value is -0.770. The van der Waals surface area contributed by atoms with Gasteiger partial charge in [0.2, 0.25) is 0 Å². The predicted molar refractivity (Wildman–Crippen MR) is 75.9 cm³/mol. The largest absolute Gasteiger partial charge is 0.0619 e. The second-order valence-corrected chi connectivity index (χ2v) is 9.92. The normalized spacial score (nSPS) is 16.2. The average molecular weight is 262 g/mol. The zero-order valence-corrected chi connectivity index (χ0v) is 11.0. The summed E-state index contributed by atoms with van der Waals surface area (Å²) in [4.78, 5) is 1.19. The first-order valence-corrected chi connectivity index (χ1v) is 8.74. The summed E-state index contributed by atoms with van der Waals surface area (Å²) in [6.45, 7) is 0. The third-order valence-electron chi connectivity index (χ3n) is 2.88. The van der Waals surface area contributed by atoms with E-state index in [4.69, 9.17) is 22.4 Å². The van der Waals surface area contributed by atoms with Crippen LogP contribution < -0.4 is 0 Å². The number of fused-ring (bicyclic) bond motifs is 3. The lowest BCUT2D eigenvalue weighted by molar-refractivity contribution is 1.31. The van der Waals surface area contributed by atoms with Crippen LogP contribution >= 0.6 is 0 Å². The fraction of sp³-hybridized carbons (Fsp3) is 0.0769. The summed E-state index contributed by atoms with van der Waals surface area (Å²) in [5, 5.41) is 0. The fourth-order valence-corrected chi connectivity index (χ4v) is 5.40. The third-order valence-corrected chi connectivity index (χ3v) is 6.38. The van der Waals surface area contributed by atoms with Gasteiger partial charge < -0.3 is 0 Å². The first-order chi connectivity index (χ1) is 7.68. The SMILES string of the molecule is S=S1(=S)Cc2ccccc2-c2ccccc21. The Labute approximate surface area is 105 Å². The Balaban J connectivity index is 2.42. The van der Waals surface area contributed by atoms with E-state index in [1.165, 1.54) is 21.6 Å². The molecule has 0 unspecified atom stereocenters. The van der Waals surface area contributed by atoms with E-state index in [2.05, 4.69) is 42.5 Å². The van der Waals surface area contributed by atoms with Crippen LogP contribution in [0.2, 0.25) is 0 Å². The highest BCUT2D eigenvalue weighted by Gasteiger charge is 2.21. The minimum absolute atomic E-state index is 0.852. The first-order valence-electron chi connectivity index (χ1n) is 5.08. The molecule has 0 spiro atoms. The van der Waals surface area contributed by atoms with Crippen molar-refractivity contribution in [2.75, 3.05) is 0 Å². The molecule has 0 saturated heterocycles. The van der Waals surface area contributed by atoms with Crippen LogP contribution in [-0.4, -0.2) is 0 Å². The van der Waals surface area contributed by atoms with Crippen molar-refractivity contribution in [3.8, 4) is 11.1 Å². The van der Waals surface area contributed by atoms with Crippen molar-refractivity contribution in [3.63, 3.8) is 0 Å². The van der Waals surface area contributed by atoms with Gasteiger partial charge in [0.25, 0.3) is 0 Å². The number of benzene rings is 2. The van der Waals surface area contributed by atoms with E-state index in [1.807, 2.05) is 6.07 Å². The summed E-state index contributed by atoms with van der Waals surface area (Å²) < 4.78 is 0. The maximum absolute atomic E-state index is 5.62. The monoisotopic (exact) mass is 262 g/mol. The Morgan fingerprint density at radius 1 is 0.812 bits per heavy atom. The molecule has 3 rings (SSSR count). The molecule has 1 aliphatic heterocycles. The van der Waals surface area contributed by atoms with Gasteiger partial charge in [-0.1, -0.05) is 49.6 Å². The smallest absolute Gasteiger partial charge is 0.0320 e. The molecule has 2 aromatic carbocycles. The summed E-state index contributed by atoms with van der Waals surface area (Å²) >= 11 is 11.2. The van der Waals surface area contributed by atoms with Gasteiger partial charge in [-0.15, -0.1) is 0 Å². The molecule has 0 bridgehead atoms. The van der Waals surface area contributed by atoms with Crippen molar-refractivity contribution < 1.29 is 0 Å². The summed E-state index contributed by atoms with van der Waals surface area (Å²) in [5.41, 5.74) is 3.85. The Morgan fingerprint density at radius 3 is 2.25 bits per heavy atom. The second kappa shape index (κ2) is 3.62. The Morgan fingerprint density at radius 2 is 1.44 bits per heavy atom. The van der Waals surface area contributed by atoms with Crippen LogP contribution in [0.4, 0.5) is 0 Å². The summed E-state index contributed by atoms with van der Waals surface area (Å²) in [7, 11) is -1.49. The molecule has 3 heteroatoms. The highest BCUT2D eigenvalue weighted by molar-refractivity contribution is 8.56. The topological polar surface area (TPSA) is 0 Å². The standard InChI is InChI=1S/C13H10S3/c14-16(15)9-10-5-1-2-6-11(10)12-7-3-4-8-13(12)16/h1-8H,9H2. The van der Waals surface area contributed by atoms with Gasteiger partial charge in [-0.05, 0) is 45.1 Å². The number of hydrogen-bond donors (Lipinski definition) is 0. The molecule has 0 atom stereocenters. The number of hydrogen-bond acceptors (Lipinski definition) is 2. The van der Waals surface area contributed by atoms with E-state index < -0.39 is 7.15 Å². The lowest BCUT2D eigenvalue weighted by Crippen LogP contribution is -2.10. The van der Waals surface area contributed by atoms with Crippen LogP contribution in [0, 0.1) is 0 Å². The molecule has 16 heavy (non-hydrogen) atoms. The molecule has 0 nitrogen and oxygen atoms in total. The van der Waals surface area contributed by atoms with Crippen molar-refractivity contribution in [1.29, 1.82) is 0 Å². The summed E-state index contributed by atoms with van der Waals surface area (Å²) in [6.07, 6.45) is 0. The van der Waals surface area contributed by atoms with Gasteiger partial charge in [0.1, 0.15) is 0 Å². The minimum atomic E-state index is -1.49. The van der Waals surface area contributed by atoms with E-state index in [-0.39, 0.29) is 0 Å². The second-order valence-electron chi connectivity index (χ2n) is 3.91. The molecule has 0 N–H and O–H groups in total. The molecule has 0 aromatic heterocycles. The molecule has 0 fully saturated rings. The summed E-state index contributed by atoms with van der Waals surface area (Å²) in [5.74, 6) is 0.852. The van der Waals surface area contributed by atoms with Gasteiger partial charge in [-0.2, -0.15) is 0 Å². The van der Waals surface area contributed by atoms with Crippen LogP contribution in [0.15, 0.2) is 53.4 Å². The fourth-order valence-electron chi connectivity index (χ4n) is 2.15. The van der Waals surface area contributed by atoms with E-state index >= 15 is 0 Å². The van der Waals surface area contributed by atoms with Crippen molar-refractivity contribution >= 4 is 29.5 Å². The molecular formula is C13H10S3. The quantitative estimate of drug-likeness (QED) is 0.714. The number of rotatable bonds is 0. The molecular weight excluding hydrogens is 252 g/mol. The van der Waals surface area contributed by atoms with Gasteiger partial charge in [0, 0.05) is 10.6 Å². The Bertz CT molecular complexity index is 654. The molecule has 0 aliphatic carbocycles. The molecule has 1 aliphatic rings. The zero-order chi connectivity index (χ0) is 11.2. The average Bonchev–Trinajstić information content (AvgIpc) is 2.29. The van der Waals surface area contributed by atoms with E-state index in [0.717, 1.165) is 5.75 Å². The van der Waals surface area contributed by atoms with E-state index in [0.29, 0.717) is 0 Å². The third kappa shape index (κ3) is 1.51. The molecule has 0 amide bonds. The van der Waals surface area contributed by atoms with Gasteiger partial charge >= 0.3 is 0 Å². The van der Waals surface area contributed by atoms with Crippen LogP contribution in [0.5, 0.6) is 0 Å². The highest BCUT2D eigenvalue weighted by Crippen LogP contribution is 2.37. The molecule has 2 aromatic rings. The van der Waals surface area contributed by atoms with Crippen molar-refractivity contribution in [2.24, 2.45) is 0 Å².